The van der Waals surface area contributed by atoms with Gasteiger partial charge in [0, 0.05) is 35.6 Å². The second-order valence-corrected chi connectivity index (χ2v) is 0. The molecule has 0 aromatic heterocycles. The third kappa shape index (κ3) is 9.04. The summed E-state index contributed by atoms with van der Waals surface area (Å²) in [5, 5.41) is 0. The van der Waals surface area contributed by atoms with E-state index in [0.717, 1.165) is 0 Å². The number of hydrogen-bond donors (Lipinski definition) is 0. The van der Waals surface area contributed by atoms with Gasteiger partial charge in [-0.1, -0.05) is 0 Å². The first-order valence-corrected chi connectivity index (χ1v) is 0. The Kier molecular flexibility index (Phi) is 106. The van der Waals surface area contributed by atoms with Crippen LogP contribution in [0.1, 0.15) is 0 Å². The van der Waals surface area contributed by atoms with E-state index in [1.54, 1.807) is 0 Å². The predicted octanol–water partition coefficient (Wildman–Crippen LogP) is -1.74. The summed E-state index contributed by atoms with van der Waals surface area (Å²) in [5.41, 5.74) is 0. The van der Waals surface area contributed by atoms with Gasteiger partial charge in [-0.2, -0.15) is 0 Å². The summed E-state index contributed by atoms with van der Waals surface area (Å²) in [7, 11) is 0. The van der Waals surface area contributed by atoms with Crippen molar-refractivity contribution in [2.24, 2.45) is 0 Å². The standard InChI is InChI=1S/La.Mg.H2O.Sr.3H/h;;1H2;;;;/q;+1;;;;;/p-1. The van der Waals surface area contributed by atoms with Gasteiger partial charge in [-0.25, -0.2) is 0 Å². The molecule has 0 heterocycles. The average Bonchev–Trinajstić information content (AvgIpc) is 0. The van der Waals surface area contributed by atoms with Gasteiger partial charge >= 0.3 is 68.5 Å². The van der Waals surface area contributed by atoms with Gasteiger partial charge in [0.25, 0.3) is 0 Å². The minimum atomic E-state index is 0. The molecule has 0 aliphatic carbocycles. The van der Waals surface area contributed by atoms with E-state index < -0.39 is 0 Å². The Labute approximate surface area is 107 Å². The molecular formula is H4LaMgOSr. The van der Waals surface area contributed by atoms with E-state index in [0.29, 0.717) is 0 Å². The first-order chi connectivity index (χ1) is 0. The minimum absolute atomic E-state index is 0. The van der Waals surface area contributed by atoms with E-state index in [-0.39, 0.29) is 110 Å². The molecule has 0 bridgehead atoms. The van der Waals surface area contributed by atoms with E-state index in [4.69, 9.17) is 0 Å². The molecule has 0 unspecified atom stereocenters. The van der Waals surface area contributed by atoms with Crippen molar-refractivity contribution in [2.45, 2.75) is 0 Å². The second-order valence-electron chi connectivity index (χ2n) is 0. The molecule has 4 heavy (non-hydrogen) atoms. The Balaban J connectivity index is 0. The Hall–Kier alpha value is 3.40. The van der Waals surface area contributed by atoms with Gasteiger partial charge in [-0.3, -0.25) is 0 Å². The number of hydrogen-bond acceptors (Lipinski definition) is 1. The normalized spacial score (nSPS) is 0. The predicted molar refractivity (Wildman–Crippen MR) is 17.6 cm³/mol. The summed E-state index contributed by atoms with van der Waals surface area (Å²) in [6, 6.07) is 0. The van der Waals surface area contributed by atoms with Crippen molar-refractivity contribution in [2.75, 3.05) is 0 Å². The van der Waals surface area contributed by atoms with Crippen molar-refractivity contribution in [1.82, 2.24) is 0 Å². The molecule has 0 aliphatic rings. The van der Waals surface area contributed by atoms with Crippen LogP contribution in [0.25, 0.3) is 0 Å². The molecule has 0 fully saturated rings. The molecule has 4 heteroatoms. The van der Waals surface area contributed by atoms with Crippen LogP contribution in [0.4, 0.5) is 0 Å². The molecule has 0 atom stereocenters. The fraction of sp³-hybridized carbons (Fsp3) is 0. The second kappa shape index (κ2) is 16.1. The molecule has 0 saturated carbocycles. The summed E-state index contributed by atoms with van der Waals surface area (Å²) in [4.78, 5) is 0. The third-order valence-corrected chi connectivity index (χ3v) is 0. The van der Waals surface area contributed by atoms with Crippen LogP contribution >= 0.6 is 0 Å². The molecule has 0 amide bonds. The zero-order valence-corrected chi connectivity index (χ0v) is 7.65. The summed E-state index contributed by atoms with van der Waals surface area (Å²) in [6.07, 6.45) is 0. The Morgan fingerprint density at radius 3 is 1.00 bits per heavy atom. The van der Waals surface area contributed by atoms with Crippen LogP contribution in [0.15, 0.2) is 0 Å². The van der Waals surface area contributed by atoms with E-state index in [9.17, 15) is 0 Å². The van der Waals surface area contributed by atoms with Gasteiger partial charge in [-0.15, -0.1) is 0 Å². The Morgan fingerprint density at radius 2 is 1.00 bits per heavy atom. The molecular weight excluding hydrogens is 267 g/mol. The Bertz CT molecular complexity index is 8.00. The van der Waals surface area contributed by atoms with Crippen LogP contribution in [0.5, 0.6) is 0 Å². The first kappa shape index (κ1) is 26.2. The van der Waals surface area contributed by atoms with Gasteiger partial charge < -0.3 is 5.48 Å². The van der Waals surface area contributed by atoms with Crippen LogP contribution < -0.4 is 0 Å². The summed E-state index contributed by atoms with van der Waals surface area (Å²) < 4.78 is 0. The van der Waals surface area contributed by atoms with Crippen LogP contribution in [-0.4, -0.2) is 74.0 Å². The third-order valence-electron chi connectivity index (χ3n) is 0. The van der Waals surface area contributed by atoms with E-state index >= 15 is 0 Å². The van der Waals surface area contributed by atoms with Gasteiger partial charge in [0.05, 0.1) is 0 Å². The molecule has 1 radical (unpaired) electrons. The molecule has 1 nitrogen and oxygen atoms in total. The summed E-state index contributed by atoms with van der Waals surface area (Å²) in [5.74, 6) is 0. The quantitative estimate of drug-likeness (QED) is 0.481. The van der Waals surface area contributed by atoms with Crippen LogP contribution in [0.2, 0.25) is 0 Å². The molecule has 17 valence electrons. The van der Waals surface area contributed by atoms with Gasteiger partial charge in [0.2, 0.25) is 0 Å². The molecule has 0 spiro atoms. The molecule has 0 aliphatic heterocycles. The van der Waals surface area contributed by atoms with Crippen molar-refractivity contribution in [3.05, 3.63) is 0 Å². The summed E-state index contributed by atoms with van der Waals surface area (Å²) in [6.45, 7) is 0. The van der Waals surface area contributed by atoms with Gasteiger partial charge in [0.1, 0.15) is 0 Å². The van der Waals surface area contributed by atoms with Crippen molar-refractivity contribution in [3.8, 4) is 0 Å². The number of rotatable bonds is 0. The SMILES string of the molecule is [La].[MgH+].[OH-].[SrH2]. The van der Waals surface area contributed by atoms with Crippen LogP contribution in [0, 0.1) is 35.6 Å². The fourth-order valence-electron chi connectivity index (χ4n) is 0. The zero-order chi connectivity index (χ0) is 0. The van der Waals surface area contributed by atoms with Crippen LogP contribution in [-0.2, 0) is 0 Å². The maximum atomic E-state index is 0. The monoisotopic (exact) mass is 271 g/mol. The van der Waals surface area contributed by atoms with Gasteiger partial charge in [-0.05, 0) is 0 Å². The van der Waals surface area contributed by atoms with E-state index in [1.165, 1.54) is 0 Å². The van der Waals surface area contributed by atoms with Crippen molar-refractivity contribution < 1.29 is 41.1 Å². The van der Waals surface area contributed by atoms with Crippen LogP contribution in [0.3, 0.4) is 0 Å². The van der Waals surface area contributed by atoms with Crippen molar-refractivity contribution in [3.63, 3.8) is 0 Å². The summed E-state index contributed by atoms with van der Waals surface area (Å²) >= 11 is 0. The molecule has 1 N–H and O–H groups in total. The average molecular weight is 271 g/mol. The molecule has 0 aromatic carbocycles. The molecule has 0 saturated heterocycles. The fourth-order valence-corrected chi connectivity index (χ4v) is 0. The van der Waals surface area contributed by atoms with E-state index in [1.807, 2.05) is 0 Å². The molecule has 0 rings (SSSR count). The van der Waals surface area contributed by atoms with Crippen molar-refractivity contribution in [1.29, 1.82) is 0 Å². The maximum absolute atomic E-state index is 0. The van der Waals surface area contributed by atoms with E-state index in [2.05, 4.69) is 0 Å². The first-order valence-electron chi connectivity index (χ1n) is 0. The van der Waals surface area contributed by atoms with Crippen molar-refractivity contribution >= 4 is 68.5 Å². The molecule has 0 aromatic rings. The topological polar surface area (TPSA) is 30.0 Å². The van der Waals surface area contributed by atoms with Gasteiger partial charge in [0.15, 0.2) is 0 Å². The zero-order valence-electron chi connectivity index (χ0n) is 2.02. The Morgan fingerprint density at radius 1 is 1.00 bits per heavy atom.